The van der Waals surface area contributed by atoms with Gasteiger partial charge in [-0.1, -0.05) is 7.96 Å². The van der Waals surface area contributed by atoms with Crippen molar-refractivity contribution in [2.24, 2.45) is 0 Å². The first-order valence-corrected chi connectivity index (χ1v) is 8.20. The van der Waals surface area contributed by atoms with Crippen LogP contribution in [0.1, 0.15) is 42.8 Å². The Morgan fingerprint density at radius 1 is 0.889 bits per heavy atom. The Bertz CT molecular complexity index is 30.0. The van der Waals surface area contributed by atoms with Crippen LogP contribution in [0.2, 0.25) is 0 Å². The van der Waals surface area contributed by atoms with Gasteiger partial charge < -0.3 is 0 Å². The summed E-state index contributed by atoms with van der Waals surface area (Å²) >= 11 is 0. The molecule has 0 amide bonds. The lowest BCUT2D eigenvalue weighted by molar-refractivity contribution is 5.51. The van der Waals surface area contributed by atoms with E-state index < -0.39 is 0 Å². The Hall–Kier alpha value is 3.87. The first-order chi connectivity index (χ1) is 14.4. The standard InChI is InChI=1S/H5P3.H4P2.4H3P.17H2/c1-3-2;1-2;;;;;;;;;;;;;;;;;;;;;/h3H,1-2H2;1-2H2;4*1H3;17*1H/i;;;;;;12*1+1D;5*1+1. The van der Waals surface area contributed by atoms with E-state index >= 15 is 0 Å². The molecule has 0 aromatic heterocycles. The van der Waals surface area contributed by atoms with Crippen molar-refractivity contribution in [1.29, 1.82) is 0 Å². The molecule has 0 aliphatic rings. The molecule has 0 aliphatic heterocycles. The van der Waals surface area contributed by atoms with E-state index in [2.05, 4.69) is 35.7 Å². The molecule has 0 nitrogen and oxygen atoms in total. The molecule has 0 rings (SSSR count). The van der Waals surface area contributed by atoms with Gasteiger partial charge in [-0.05, 0) is 0 Å². The largest absolute Gasteiger partial charge is 0.153 e. The van der Waals surface area contributed by atoms with Crippen LogP contribution < -0.4 is 0 Å². The molecule has 0 aliphatic carbocycles. The zero-order valence-electron chi connectivity index (χ0n) is 29.6. The molecular weight excluding hydrogens is 279 g/mol. The van der Waals surface area contributed by atoms with Crippen molar-refractivity contribution in [2.45, 2.75) is 0 Å². The maximum absolute atomic E-state index is 5.00. The smallest absolute Gasteiger partial charge is 0 e. The Labute approximate surface area is 128 Å². The van der Waals surface area contributed by atoms with E-state index in [4.69, 9.17) is 35.6 Å². The van der Waals surface area contributed by atoms with Crippen molar-refractivity contribution in [3.63, 3.8) is 0 Å². The highest BCUT2D eigenvalue weighted by molar-refractivity contribution is 8.33. The predicted octanol–water partition coefficient (Wildman–Crippen LogP) is 6.31. The molecule has 9 heavy (non-hydrogen) atoms. The molecule has 0 aromatic carbocycles. The topological polar surface area (TPSA) is 0 Å². The van der Waals surface area contributed by atoms with Crippen LogP contribution in [-0.4, -0.2) is 0 Å². The summed E-state index contributed by atoms with van der Waals surface area (Å²) in [6, 6.07) is 0. The Morgan fingerprint density at radius 3 is 0.889 bits per heavy atom. The molecule has 0 N–H and O–H groups in total. The van der Waals surface area contributed by atoms with Crippen LogP contribution in [0.25, 0.3) is 0 Å². The Balaban J connectivity index is -0.00000000299. The van der Waals surface area contributed by atoms with Crippen molar-refractivity contribution < 1.29 is 42.8 Å². The van der Waals surface area contributed by atoms with E-state index in [1.807, 2.05) is 0 Å². The maximum atomic E-state index is 5.00. The van der Waals surface area contributed by atoms with Gasteiger partial charge >= 0.3 is 0 Å². The number of rotatable bonds is 0. The highest BCUT2D eigenvalue weighted by Gasteiger charge is 1.32. The molecule has 0 fully saturated rings. The molecule has 8 atom stereocenters. The minimum Gasteiger partial charge on any atom is -0.153 e. The lowest BCUT2D eigenvalue weighted by Crippen LogP contribution is -0.553. The minimum atomic E-state index is 0. The van der Waals surface area contributed by atoms with Crippen LogP contribution >= 0.6 is 83.3 Å². The number of hydrogen-bond donors (Lipinski definition) is 0. The lowest BCUT2D eigenvalue weighted by atomic mass is 29.6. The van der Waals surface area contributed by atoms with Crippen molar-refractivity contribution in [3.8, 4) is 0 Å². The second kappa shape index (κ2) is 59.1. The molecule has 8 unspecified atom stereocenters. The van der Waals surface area contributed by atoms with Crippen LogP contribution in [-0.2, 0) is 0 Å². The van der Waals surface area contributed by atoms with Gasteiger partial charge in [-0.25, -0.2) is 0 Å². The van der Waals surface area contributed by atoms with E-state index in [1.54, 1.807) is 0 Å². The fraction of sp³-hybridized carbons (Fsp3) is 0. The molecular formula is H55P9. The first-order valence-electron chi connectivity index (χ1n) is 12.9. The van der Waals surface area contributed by atoms with Crippen molar-refractivity contribution >= 4 is 83.3 Å². The predicted molar refractivity (Wildman–Crippen MR) is 128 cm³/mol. The highest BCUT2D eigenvalue weighted by atomic mass is 32.4. The molecule has 100 valence electrons. The van der Waals surface area contributed by atoms with E-state index in [9.17, 15) is 0 Å². The SMILES string of the molecule is P.P.P.P.PP.PPP.[2HH].[2HH].[2HH].[2HH].[2HH].[2H][2H].[2H][2H].[2H][2H].[2H][2H].[2H][2H].[2H][2H].[2H][2H].[2H][2H].[2H][2H].[2H][2H].[2H][2H].[2H][2H]. The van der Waals surface area contributed by atoms with Crippen LogP contribution in [0.15, 0.2) is 0 Å². The van der Waals surface area contributed by atoms with E-state index in [0.717, 1.165) is 7.96 Å². The van der Waals surface area contributed by atoms with E-state index in [0.29, 0.717) is 0 Å². The molecule has 0 saturated carbocycles. The zero-order valence-corrected chi connectivity index (χ0v) is 16.9. The van der Waals surface area contributed by atoms with Gasteiger partial charge in [0.25, 0.3) is 0 Å². The maximum Gasteiger partial charge on any atom is 0 e. The summed E-state index contributed by atoms with van der Waals surface area (Å²) in [5.74, 6) is 0. The fourth-order valence-corrected chi connectivity index (χ4v) is 0. The Morgan fingerprint density at radius 2 is 0.889 bits per heavy atom. The van der Waals surface area contributed by atoms with Gasteiger partial charge in [-0.2, -0.15) is 39.6 Å². The average molecular weight is 363 g/mol. The van der Waals surface area contributed by atoms with Crippen LogP contribution in [0.3, 0.4) is 0 Å². The van der Waals surface area contributed by atoms with Crippen LogP contribution in [0, 0.1) is 0 Å². The molecule has 0 bridgehead atoms. The van der Waals surface area contributed by atoms with Crippen LogP contribution in [0.5, 0.6) is 0 Å². The molecule has 0 saturated heterocycles. The van der Waals surface area contributed by atoms with Crippen molar-refractivity contribution in [2.75, 3.05) is 0 Å². The monoisotopic (exact) mass is 363 g/mol. The summed E-state index contributed by atoms with van der Waals surface area (Å²) in [7, 11) is 10.7. The highest BCUT2D eigenvalue weighted by Crippen LogP contribution is 2.28. The van der Waals surface area contributed by atoms with Gasteiger partial charge in [-0.15, -0.1) is 35.7 Å². The van der Waals surface area contributed by atoms with Gasteiger partial charge in [0.05, 0.1) is 0 Å². The lowest BCUT2D eigenvalue weighted by Gasteiger charge is -1.51. The number of hydrogen-bond acceptors (Lipinski definition) is 0. The third-order valence-corrected chi connectivity index (χ3v) is 0. The second-order valence-corrected chi connectivity index (χ2v) is 4.50. The van der Waals surface area contributed by atoms with Gasteiger partial charge in [-0.3, -0.25) is 0 Å². The quantitative estimate of drug-likeness (QED) is 0.442. The molecule has 0 heterocycles. The van der Waals surface area contributed by atoms with Gasteiger partial charge in [0, 0.05) is 42.8 Å². The summed E-state index contributed by atoms with van der Waals surface area (Å²) in [4.78, 5) is 0. The molecule has 0 radical (unpaired) electrons. The summed E-state index contributed by atoms with van der Waals surface area (Å²) in [5.41, 5.74) is 0. The molecule has 9 heteroatoms. The Kier molecular flexibility index (Phi) is 33.5. The average Bonchev–Trinajstić information content (AvgIpc) is 2.94. The van der Waals surface area contributed by atoms with E-state index in [-0.39, 0.29) is 46.7 Å². The van der Waals surface area contributed by atoms with Crippen molar-refractivity contribution in [3.05, 3.63) is 0 Å². The molecule has 0 spiro atoms. The molecule has 0 aromatic rings. The van der Waals surface area contributed by atoms with Gasteiger partial charge in [0.15, 0.2) is 0 Å². The summed E-state index contributed by atoms with van der Waals surface area (Å²) in [5, 5.41) is 0. The summed E-state index contributed by atoms with van der Waals surface area (Å²) in [6.07, 6.45) is 0. The summed E-state index contributed by atoms with van der Waals surface area (Å²) < 4.78 is 120. The summed E-state index contributed by atoms with van der Waals surface area (Å²) in [6.45, 7) is 0. The first kappa shape index (κ1) is 5.09. The van der Waals surface area contributed by atoms with E-state index in [1.165, 1.54) is 0 Å². The third kappa shape index (κ3) is 77.2. The zero-order chi connectivity index (χ0) is 28.7. The van der Waals surface area contributed by atoms with Gasteiger partial charge in [0.1, 0.15) is 0 Å². The van der Waals surface area contributed by atoms with Crippen molar-refractivity contribution in [1.82, 2.24) is 0 Å². The van der Waals surface area contributed by atoms with Crippen LogP contribution in [0.4, 0.5) is 0 Å². The third-order valence-electron chi connectivity index (χ3n) is 0. The minimum absolute atomic E-state index is 0. The van der Waals surface area contributed by atoms with Gasteiger partial charge in [0.2, 0.25) is 0 Å². The normalized spacial score (nSPS) is 13.3. The second-order valence-electron chi connectivity index (χ2n) is 0.167. The fourth-order valence-electron chi connectivity index (χ4n) is 0.